The van der Waals surface area contributed by atoms with Gasteiger partial charge in [-0.2, -0.15) is 5.10 Å². The zero-order valence-corrected chi connectivity index (χ0v) is 11.3. The Balaban J connectivity index is 1.85. The lowest BCUT2D eigenvalue weighted by atomic mass is 10.2. The second kappa shape index (κ2) is 4.90. The van der Waals surface area contributed by atoms with Crippen molar-refractivity contribution >= 4 is 26.8 Å². The van der Waals surface area contributed by atoms with E-state index in [0.717, 1.165) is 17.4 Å². The molecule has 0 N–H and O–H groups in total. The van der Waals surface area contributed by atoms with E-state index in [4.69, 9.17) is 0 Å². The SMILES string of the molecule is Brc1ccc2cnn(CCc3ccncc3)c2c1. The lowest BCUT2D eigenvalue weighted by molar-refractivity contribution is 0.635. The molecular weight excluding hydrogens is 290 g/mol. The van der Waals surface area contributed by atoms with Crippen LogP contribution in [0.3, 0.4) is 0 Å². The summed E-state index contributed by atoms with van der Waals surface area (Å²) in [5, 5.41) is 5.61. The Kier molecular flexibility index (Phi) is 3.11. The van der Waals surface area contributed by atoms with Crippen LogP contribution in [0.25, 0.3) is 10.9 Å². The van der Waals surface area contributed by atoms with Crippen LogP contribution in [0.2, 0.25) is 0 Å². The monoisotopic (exact) mass is 301 g/mol. The molecule has 0 spiro atoms. The van der Waals surface area contributed by atoms with Crippen molar-refractivity contribution in [2.24, 2.45) is 0 Å². The predicted molar refractivity (Wildman–Crippen MR) is 75.4 cm³/mol. The van der Waals surface area contributed by atoms with Crippen LogP contribution in [0, 0.1) is 0 Å². The molecule has 0 fully saturated rings. The van der Waals surface area contributed by atoms with Crippen LogP contribution in [0.1, 0.15) is 5.56 Å². The second-order valence-corrected chi connectivity index (χ2v) is 5.09. The number of hydrogen-bond acceptors (Lipinski definition) is 2. The Morgan fingerprint density at radius 1 is 1.11 bits per heavy atom. The summed E-state index contributed by atoms with van der Waals surface area (Å²) in [6.07, 6.45) is 6.53. The first-order valence-electron chi connectivity index (χ1n) is 5.83. The van der Waals surface area contributed by atoms with Gasteiger partial charge in [-0.05, 0) is 36.2 Å². The third-order valence-electron chi connectivity index (χ3n) is 2.97. The fourth-order valence-corrected chi connectivity index (χ4v) is 2.36. The molecule has 0 aliphatic rings. The molecule has 2 heterocycles. The summed E-state index contributed by atoms with van der Waals surface area (Å²) < 4.78 is 3.13. The van der Waals surface area contributed by atoms with Crippen LogP contribution in [0.15, 0.2) is 53.4 Å². The van der Waals surface area contributed by atoms with E-state index in [0.29, 0.717) is 0 Å². The van der Waals surface area contributed by atoms with E-state index in [1.54, 1.807) is 0 Å². The number of pyridine rings is 1. The number of aromatic nitrogens is 3. The molecule has 0 unspecified atom stereocenters. The van der Waals surface area contributed by atoms with Gasteiger partial charge in [0.25, 0.3) is 0 Å². The Labute approximate surface area is 114 Å². The van der Waals surface area contributed by atoms with Crippen molar-refractivity contribution in [1.29, 1.82) is 0 Å². The number of aryl methyl sites for hydroxylation is 2. The highest BCUT2D eigenvalue weighted by atomic mass is 79.9. The van der Waals surface area contributed by atoms with Gasteiger partial charge in [-0.1, -0.05) is 22.0 Å². The average molecular weight is 302 g/mol. The van der Waals surface area contributed by atoms with E-state index in [9.17, 15) is 0 Å². The van der Waals surface area contributed by atoms with Gasteiger partial charge in [0.05, 0.1) is 11.7 Å². The Bertz CT molecular complexity index is 661. The highest BCUT2D eigenvalue weighted by molar-refractivity contribution is 9.10. The van der Waals surface area contributed by atoms with Crippen molar-refractivity contribution in [2.75, 3.05) is 0 Å². The first-order chi connectivity index (χ1) is 8.83. The minimum atomic E-state index is 0.879. The van der Waals surface area contributed by atoms with Crippen LogP contribution in [-0.2, 0) is 13.0 Å². The zero-order valence-electron chi connectivity index (χ0n) is 9.75. The molecule has 0 radical (unpaired) electrons. The smallest absolute Gasteiger partial charge is 0.0693 e. The lowest BCUT2D eigenvalue weighted by Gasteiger charge is -2.04. The summed E-state index contributed by atoms with van der Waals surface area (Å²) in [4.78, 5) is 4.02. The van der Waals surface area contributed by atoms with Crippen molar-refractivity contribution in [3.63, 3.8) is 0 Å². The van der Waals surface area contributed by atoms with Crippen LogP contribution >= 0.6 is 15.9 Å². The first-order valence-corrected chi connectivity index (χ1v) is 6.62. The van der Waals surface area contributed by atoms with E-state index in [-0.39, 0.29) is 0 Å². The summed E-state index contributed by atoms with van der Waals surface area (Å²) in [7, 11) is 0. The number of nitrogens with zero attached hydrogens (tertiary/aromatic N) is 3. The Hall–Kier alpha value is -1.68. The van der Waals surface area contributed by atoms with Gasteiger partial charge in [-0.25, -0.2) is 0 Å². The largest absolute Gasteiger partial charge is 0.265 e. The van der Waals surface area contributed by atoms with Gasteiger partial charge in [0, 0.05) is 28.8 Å². The molecule has 3 rings (SSSR count). The van der Waals surface area contributed by atoms with Gasteiger partial charge < -0.3 is 0 Å². The molecule has 0 saturated carbocycles. The molecule has 0 aliphatic carbocycles. The highest BCUT2D eigenvalue weighted by Gasteiger charge is 2.03. The standard InChI is InChI=1S/C14H12BrN3/c15-13-2-1-12-10-17-18(14(12)9-13)8-5-11-3-6-16-7-4-11/h1-4,6-7,9-10H,5,8H2. The third-order valence-corrected chi connectivity index (χ3v) is 3.46. The predicted octanol–water partition coefficient (Wildman–Crippen LogP) is 3.44. The molecule has 2 aromatic heterocycles. The lowest BCUT2D eigenvalue weighted by Crippen LogP contribution is -2.02. The summed E-state index contributed by atoms with van der Waals surface area (Å²) >= 11 is 3.50. The zero-order chi connectivity index (χ0) is 12.4. The van der Waals surface area contributed by atoms with Crippen molar-refractivity contribution < 1.29 is 0 Å². The minimum Gasteiger partial charge on any atom is -0.265 e. The molecule has 3 aromatic rings. The van der Waals surface area contributed by atoms with E-state index in [1.165, 1.54) is 16.5 Å². The molecule has 0 aliphatic heterocycles. The molecule has 0 atom stereocenters. The Morgan fingerprint density at radius 2 is 1.94 bits per heavy atom. The summed E-state index contributed by atoms with van der Waals surface area (Å²) in [6, 6.07) is 10.3. The molecule has 4 heteroatoms. The topological polar surface area (TPSA) is 30.7 Å². The number of benzene rings is 1. The van der Waals surface area contributed by atoms with Gasteiger partial charge in [-0.3, -0.25) is 9.67 Å². The minimum absolute atomic E-state index is 0.879. The molecule has 90 valence electrons. The van der Waals surface area contributed by atoms with Gasteiger partial charge in [-0.15, -0.1) is 0 Å². The fourth-order valence-electron chi connectivity index (χ4n) is 2.01. The summed E-state index contributed by atoms with van der Waals surface area (Å²) in [6.45, 7) is 0.879. The number of fused-ring (bicyclic) bond motifs is 1. The van der Waals surface area contributed by atoms with Gasteiger partial charge >= 0.3 is 0 Å². The number of rotatable bonds is 3. The van der Waals surface area contributed by atoms with E-state index >= 15 is 0 Å². The molecule has 3 nitrogen and oxygen atoms in total. The average Bonchev–Trinajstić information content (AvgIpc) is 2.80. The maximum absolute atomic E-state index is 4.43. The molecule has 18 heavy (non-hydrogen) atoms. The van der Waals surface area contributed by atoms with Crippen LogP contribution in [0.5, 0.6) is 0 Å². The molecule has 0 saturated heterocycles. The van der Waals surface area contributed by atoms with E-state index in [2.05, 4.69) is 38.1 Å². The molecule has 1 aromatic carbocycles. The van der Waals surface area contributed by atoms with Gasteiger partial charge in [0.15, 0.2) is 0 Å². The van der Waals surface area contributed by atoms with Crippen molar-refractivity contribution in [3.8, 4) is 0 Å². The van der Waals surface area contributed by atoms with Crippen LogP contribution in [-0.4, -0.2) is 14.8 Å². The second-order valence-electron chi connectivity index (χ2n) is 4.18. The van der Waals surface area contributed by atoms with E-state index in [1.807, 2.05) is 41.5 Å². The van der Waals surface area contributed by atoms with Crippen molar-refractivity contribution in [3.05, 3.63) is 59.0 Å². The van der Waals surface area contributed by atoms with Gasteiger partial charge in [0.1, 0.15) is 0 Å². The summed E-state index contributed by atoms with van der Waals surface area (Å²) in [5.74, 6) is 0. The fraction of sp³-hybridized carbons (Fsp3) is 0.143. The molecular formula is C14H12BrN3. The quantitative estimate of drug-likeness (QED) is 0.742. The molecule has 0 amide bonds. The summed E-state index contributed by atoms with van der Waals surface area (Å²) in [5.41, 5.74) is 2.45. The highest BCUT2D eigenvalue weighted by Crippen LogP contribution is 2.19. The van der Waals surface area contributed by atoms with E-state index < -0.39 is 0 Å². The van der Waals surface area contributed by atoms with Crippen molar-refractivity contribution in [2.45, 2.75) is 13.0 Å². The third kappa shape index (κ3) is 2.29. The maximum atomic E-state index is 4.43. The molecule has 0 bridgehead atoms. The van der Waals surface area contributed by atoms with Crippen LogP contribution < -0.4 is 0 Å². The van der Waals surface area contributed by atoms with Gasteiger partial charge in [0.2, 0.25) is 0 Å². The van der Waals surface area contributed by atoms with Crippen molar-refractivity contribution in [1.82, 2.24) is 14.8 Å². The normalized spacial score (nSPS) is 10.9. The first kappa shape index (κ1) is 11.4. The Morgan fingerprint density at radius 3 is 2.78 bits per heavy atom. The maximum Gasteiger partial charge on any atom is 0.0693 e. The number of hydrogen-bond donors (Lipinski definition) is 0. The van der Waals surface area contributed by atoms with Crippen LogP contribution in [0.4, 0.5) is 0 Å². The number of halogens is 1.